The molecule has 0 atom stereocenters. The van der Waals surface area contributed by atoms with Crippen LogP contribution in [-0.4, -0.2) is 10.3 Å². The van der Waals surface area contributed by atoms with Crippen LogP contribution in [0.1, 0.15) is 6.92 Å². The molecular formula is C16H15NS2. The number of aromatic nitrogens is 1. The Morgan fingerprint density at radius 2 is 1.79 bits per heavy atom. The SMILES string of the molecule is CCSc1ccc2c(c1)c(=S)c1ccccc1n2C. The molecule has 0 N–H and O–H groups in total. The van der Waals surface area contributed by atoms with Gasteiger partial charge < -0.3 is 4.57 Å². The van der Waals surface area contributed by atoms with Crippen LogP contribution >= 0.6 is 24.0 Å². The molecule has 3 aromatic rings. The van der Waals surface area contributed by atoms with Gasteiger partial charge in [-0.05, 0) is 30.0 Å². The average molecular weight is 285 g/mol. The topological polar surface area (TPSA) is 4.93 Å². The van der Waals surface area contributed by atoms with E-state index in [-0.39, 0.29) is 0 Å². The van der Waals surface area contributed by atoms with Gasteiger partial charge in [-0.3, -0.25) is 0 Å². The summed E-state index contributed by atoms with van der Waals surface area (Å²) in [6.45, 7) is 2.17. The monoisotopic (exact) mass is 285 g/mol. The number of hydrogen-bond donors (Lipinski definition) is 0. The molecule has 1 nitrogen and oxygen atoms in total. The zero-order valence-electron chi connectivity index (χ0n) is 11.0. The van der Waals surface area contributed by atoms with Gasteiger partial charge in [0, 0.05) is 33.7 Å². The van der Waals surface area contributed by atoms with E-state index in [9.17, 15) is 0 Å². The molecule has 0 fully saturated rings. The number of para-hydroxylation sites is 1. The van der Waals surface area contributed by atoms with E-state index >= 15 is 0 Å². The van der Waals surface area contributed by atoms with E-state index in [4.69, 9.17) is 12.2 Å². The molecule has 3 heteroatoms. The van der Waals surface area contributed by atoms with Crippen molar-refractivity contribution in [1.82, 2.24) is 4.57 Å². The number of nitrogens with zero attached hydrogens (tertiary/aromatic N) is 1. The molecule has 0 amide bonds. The number of hydrogen-bond acceptors (Lipinski definition) is 2. The number of aryl methyl sites for hydroxylation is 1. The highest BCUT2D eigenvalue weighted by atomic mass is 32.2. The number of benzene rings is 2. The third kappa shape index (κ3) is 2.07. The summed E-state index contributed by atoms with van der Waals surface area (Å²) < 4.78 is 3.18. The van der Waals surface area contributed by atoms with Crippen molar-refractivity contribution >= 4 is 45.8 Å². The normalized spacial score (nSPS) is 11.3. The Kier molecular flexibility index (Phi) is 3.33. The van der Waals surface area contributed by atoms with Crippen molar-refractivity contribution in [2.24, 2.45) is 7.05 Å². The lowest BCUT2D eigenvalue weighted by Crippen LogP contribution is -1.96. The Bertz CT molecular complexity index is 818. The van der Waals surface area contributed by atoms with Crippen LogP contribution in [0.2, 0.25) is 0 Å². The highest BCUT2D eigenvalue weighted by Crippen LogP contribution is 2.28. The summed E-state index contributed by atoms with van der Waals surface area (Å²) in [4.78, 5) is 1.29. The van der Waals surface area contributed by atoms with E-state index in [2.05, 4.69) is 61.0 Å². The molecule has 0 radical (unpaired) electrons. The van der Waals surface area contributed by atoms with Crippen molar-refractivity contribution in [3.63, 3.8) is 0 Å². The predicted octanol–water partition coefficient (Wildman–Crippen LogP) is 5.17. The van der Waals surface area contributed by atoms with E-state index in [0.29, 0.717) is 0 Å². The summed E-state index contributed by atoms with van der Waals surface area (Å²) in [6.07, 6.45) is 0. The van der Waals surface area contributed by atoms with Crippen molar-refractivity contribution in [2.75, 3.05) is 5.75 Å². The first-order valence-electron chi connectivity index (χ1n) is 6.36. The quantitative estimate of drug-likeness (QED) is 0.363. The van der Waals surface area contributed by atoms with Crippen LogP contribution < -0.4 is 0 Å². The van der Waals surface area contributed by atoms with Crippen molar-refractivity contribution in [3.05, 3.63) is 47.0 Å². The van der Waals surface area contributed by atoms with Gasteiger partial charge in [0.05, 0.1) is 4.51 Å². The zero-order valence-corrected chi connectivity index (χ0v) is 12.6. The summed E-state index contributed by atoms with van der Waals surface area (Å²) in [5.41, 5.74) is 2.39. The van der Waals surface area contributed by atoms with Crippen molar-refractivity contribution in [1.29, 1.82) is 0 Å². The second-order valence-electron chi connectivity index (χ2n) is 4.52. The van der Waals surface area contributed by atoms with Gasteiger partial charge in [0.2, 0.25) is 0 Å². The van der Waals surface area contributed by atoms with Gasteiger partial charge in [-0.15, -0.1) is 11.8 Å². The second-order valence-corrected chi connectivity index (χ2v) is 6.26. The molecule has 96 valence electrons. The number of rotatable bonds is 2. The fraction of sp³-hybridized carbons (Fsp3) is 0.188. The molecule has 0 aliphatic rings. The molecule has 0 aliphatic carbocycles. The lowest BCUT2D eigenvalue weighted by Gasteiger charge is -2.12. The molecule has 0 saturated heterocycles. The van der Waals surface area contributed by atoms with Gasteiger partial charge in [0.1, 0.15) is 0 Å². The van der Waals surface area contributed by atoms with E-state index in [1.165, 1.54) is 21.3 Å². The van der Waals surface area contributed by atoms with Crippen LogP contribution in [0, 0.1) is 4.51 Å². The minimum Gasteiger partial charge on any atom is -0.344 e. The largest absolute Gasteiger partial charge is 0.344 e. The number of fused-ring (bicyclic) bond motifs is 2. The third-order valence-corrected chi connectivity index (χ3v) is 4.71. The molecule has 3 rings (SSSR count). The van der Waals surface area contributed by atoms with Crippen molar-refractivity contribution in [3.8, 4) is 0 Å². The summed E-state index contributed by atoms with van der Waals surface area (Å²) in [5.74, 6) is 1.08. The van der Waals surface area contributed by atoms with Gasteiger partial charge in [-0.1, -0.05) is 37.3 Å². The molecule has 0 saturated carbocycles. The molecule has 1 heterocycles. The fourth-order valence-corrected chi connectivity index (χ4v) is 3.51. The summed E-state index contributed by atoms with van der Waals surface area (Å²) >= 11 is 7.53. The lowest BCUT2D eigenvalue weighted by molar-refractivity contribution is 1.00. The van der Waals surface area contributed by atoms with Crippen LogP contribution in [0.3, 0.4) is 0 Å². The molecule has 0 unspecified atom stereocenters. The average Bonchev–Trinajstić information content (AvgIpc) is 2.45. The molecule has 19 heavy (non-hydrogen) atoms. The van der Waals surface area contributed by atoms with Gasteiger partial charge >= 0.3 is 0 Å². The van der Waals surface area contributed by atoms with Crippen LogP contribution in [-0.2, 0) is 7.05 Å². The minimum absolute atomic E-state index is 0.960. The lowest BCUT2D eigenvalue weighted by atomic mass is 10.1. The summed E-state index contributed by atoms with van der Waals surface area (Å²) in [7, 11) is 2.10. The molecule has 1 aromatic heterocycles. The third-order valence-electron chi connectivity index (χ3n) is 3.40. The van der Waals surface area contributed by atoms with Gasteiger partial charge in [-0.2, -0.15) is 0 Å². The highest BCUT2D eigenvalue weighted by molar-refractivity contribution is 7.99. The predicted molar refractivity (Wildman–Crippen MR) is 87.7 cm³/mol. The highest BCUT2D eigenvalue weighted by Gasteiger charge is 2.06. The fourth-order valence-electron chi connectivity index (χ4n) is 2.48. The zero-order chi connectivity index (χ0) is 13.4. The molecule has 2 aromatic carbocycles. The molecular weight excluding hydrogens is 270 g/mol. The standard InChI is InChI=1S/C16H15NS2/c1-3-19-11-8-9-15-13(10-11)16(18)12-6-4-5-7-14(12)17(15)2/h4-10H,3H2,1-2H3. The smallest absolute Gasteiger partial charge is 0.0564 e. The van der Waals surface area contributed by atoms with E-state index in [1.54, 1.807) is 0 Å². The molecule has 0 bridgehead atoms. The van der Waals surface area contributed by atoms with E-state index < -0.39 is 0 Å². The van der Waals surface area contributed by atoms with Crippen molar-refractivity contribution < 1.29 is 0 Å². The Hall–Kier alpha value is -1.32. The number of thioether (sulfide) groups is 1. The minimum atomic E-state index is 0.960. The Labute approximate surface area is 122 Å². The van der Waals surface area contributed by atoms with Crippen LogP contribution in [0.15, 0.2) is 47.4 Å². The Balaban J connectivity index is 2.46. The Morgan fingerprint density at radius 1 is 1.05 bits per heavy atom. The summed E-state index contributed by atoms with van der Waals surface area (Å²) in [6, 6.07) is 14.9. The first-order chi connectivity index (χ1) is 9.22. The second kappa shape index (κ2) is 4.99. The summed E-state index contributed by atoms with van der Waals surface area (Å²) in [5, 5.41) is 2.33. The maximum atomic E-state index is 5.68. The number of pyridine rings is 1. The first kappa shape index (κ1) is 12.7. The first-order valence-corrected chi connectivity index (χ1v) is 7.76. The maximum absolute atomic E-state index is 5.68. The van der Waals surface area contributed by atoms with Crippen LogP contribution in [0.5, 0.6) is 0 Å². The van der Waals surface area contributed by atoms with Gasteiger partial charge in [0.15, 0.2) is 0 Å². The van der Waals surface area contributed by atoms with Gasteiger partial charge in [0.25, 0.3) is 0 Å². The maximum Gasteiger partial charge on any atom is 0.0564 e. The van der Waals surface area contributed by atoms with Gasteiger partial charge in [-0.25, -0.2) is 0 Å². The van der Waals surface area contributed by atoms with E-state index in [1.807, 2.05) is 11.8 Å². The van der Waals surface area contributed by atoms with E-state index in [0.717, 1.165) is 15.6 Å². The Morgan fingerprint density at radius 3 is 2.58 bits per heavy atom. The van der Waals surface area contributed by atoms with Crippen LogP contribution in [0.4, 0.5) is 0 Å². The van der Waals surface area contributed by atoms with Crippen molar-refractivity contribution in [2.45, 2.75) is 11.8 Å². The molecule has 0 spiro atoms. The molecule has 0 aliphatic heterocycles. The van der Waals surface area contributed by atoms with Crippen LogP contribution in [0.25, 0.3) is 21.8 Å².